The second kappa shape index (κ2) is 6.66. The van der Waals surface area contributed by atoms with Crippen LogP contribution in [0.5, 0.6) is 0 Å². The Labute approximate surface area is 134 Å². The number of hydrogen-bond acceptors (Lipinski definition) is 4. The van der Waals surface area contributed by atoms with Crippen molar-refractivity contribution in [3.8, 4) is 0 Å². The Hall–Kier alpha value is -1.60. The number of hydrogen-bond donors (Lipinski definition) is 1. The highest BCUT2D eigenvalue weighted by molar-refractivity contribution is 7.09. The van der Waals surface area contributed by atoms with Crippen LogP contribution in [-0.2, 0) is 11.3 Å². The number of thiophene rings is 1. The molecule has 2 aliphatic rings. The van der Waals surface area contributed by atoms with Gasteiger partial charge in [0.1, 0.15) is 6.04 Å². The fourth-order valence-corrected chi connectivity index (χ4v) is 3.74. The van der Waals surface area contributed by atoms with Crippen molar-refractivity contribution in [1.82, 2.24) is 20.0 Å². The first-order valence-corrected chi connectivity index (χ1v) is 8.56. The van der Waals surface area contributed by atoms with Gasteiger partial charge in [0.2, 0.25) is 5.91 Å². The molecule has 0 bridgehead atoms. The average Bonchev–Trinajstić information content (AvgIpc) is 3.04. The number of amides is 3. The zero-order valence-corrected chi connectivity index (χ0v) is 13.6. The molecule has 2 fully saturated rings. The lowest BCUT2D eigenvalue weighted by molar-refractivity contribution is -0.132. The van der Waals surface area contributed by atoms with Crippen LogP contribution in [0.2, 0.25) is 0 Å². The van der Waals surface area contributed by atoms with Gasteiger partial charge in [-0.25, -0.2) is 4.79 Å². The summed E-state index contributed by atoms with van der Waals surface area (Å²) in [6.45, 7) is 4.84. The first-order valence-electron chi connectivity index (χ1n) is 7.68. The van der Waals surface area contributed by atoms with Gasteiger partial charge in [0.25, 0.3) is 0 Å². The third-order valence-corrected chi connectivity index (χ3v) is 5.12. The molecule has 1 atom stereocenters. The monoisotopic (exact) mass is 322 g/mol. The van der Waals surface area contributed by atoms with Crippen LogP contribution in [0.4, 0.5) is 4.79 Å². The average molecular weight is 322 g/mol. The summed E-state index contributed by atoms with van der Waals surface area (Å²) >= 11 is 1.78. The van der Waals surface area contributed by atoms with E-state index in [9.17, 15) is 9.59 Å². The molecule has 0 aliphatic carbocycles. The zero-order valence-electron chi connectivity index (χ0n) is 12.8. The maximum atomic E-state index is 12.5. The number of rotatable bonds is 3. The van der Waals surface area contributed by atoms with Crippen LogP contribution < -0.4 is 5.32 Å². The van der Waals surface area contributed by atoms with E-state index in [0.717, 1.165) is 39.1 Å². The molecule has 1 aromatic heterocycles. The molecule has 120 valence electrons. The van der Waals surface area contributed by atoms with E-state index in [-0.39, 0.29) is 18.0 Å². The quantitative estimate of drug-likeness (QED) is 0.896. The predicted octanol–water partition coefficient (Wildman–Crippen LogP) is 0.806. The van der Waals surface area contributed by atoms with Gasteiger partial charge in [-0.3, -0.25) is 9.69 Å². The lowest BCUT2D eigenvalue weighted by Crippen LogP contribution is -2.46. The number of carbonyl (C=O) groups excluding carboxylic acids is 2. The lowest BCUT2D eigenvalue weighted by atomic mass is 10.2. The van der Waals surface area contributed by atoms with E-state index in [1.165, 1.54) is 4.88 Å². The van der Waals surface area contributed by atoms with Crippen molar-refractivity contribution in [3.63, 3.8) is 0 Å². The Balaban J connectivity index is 1.54. The summed E-state index contributed by atoms with van der Waals surface area (Å²) in [5.41, 5.74) is 0. The molecule has 0 spiro atoms. The third-order valence-electron chi connectivity index (χ3n) is 4.26. The highest BCUT2D eigenvalue weighted by Gasteiger charge is 2.34. The molecule has 0 saturated carbocycles. The SMILES string of the molecule is CN1CC(C(=O)N2CCCN(Cc3cccs3)CC2)NC1=O. The van der Waals surface area contributed by atoms with Crippen LogP contribution in [0, 0.1) is 0 Å². The van der Waals surface area contributed by atoms with Crippen LogP contribution >= 0.6 is 11.3 Å². The minimum absolute atomic E-state index is 0.0515. The maximum absolute atomic E-state index is 12.5. The van der Waals surface area contributed by atoms with Gasteiger partial charge in [0, 0.05) is 44.6 Å². The van der Waals surface area contributed by atoms with Crippen molar-refractivity contribution in [2.24, 2.45) is 0 Å². The Kier molecular flexibility index (Phi) is 4.63. The van der Waals surface area contributed by atoms with Crippen molar-refractivity contribution >= 4 is 23.3 Å². The zero-order chi connectivity index (χ0) is 15.5. The van der Waals surface area contributed by atoms with Crippen LogP contribution in [-0.4, -0.2) is 72.5 Å². The van der Waals surface area contributed by atoms with E-state index >= 15 is 0 Å². The Bertz CT molecular complexity index is 534. The molecule has 3 rings (SSSR count). The summed E-state index contributed by atoms with van der Waals surface area (Å²) in [6.07, 6.45) is 0.980. The molecule has 1 aromatic rings. The van der Waals surface area contributed by atoms with Gasteiger partial charge in [-0.2, -0.15) is 0 Å². The second-order valence-electron chi connectivity index (χ2n) is 5.92. The molecule has 0 radical (unpaired) electrons. The topological polar surface area (TPSA) is 55.9 Å². The third kappa shape index (κ3) is 3.41. The van der Waals surface area contributed by atoms with Crippen LogP contribution in [0.25, 0.3) is 0 Å². The van der Waals surface area contributed by atoms with Gasteiger partial charge in [-0.15, -0.1) is 11.3 Å². The summed E-state index contributed by atoms with van der Waals surface area (Å²) in [4.78, 5) is 31.3. The predicted molar refractivity (Wildman–Crippen MR) is 85.7 cm³/mol. The number of likely N-dealkylation sites (N-methyl/N-ethyl adjacent to an activating group) is 1. The molecule has 1 N–H and O–H groups in total. The molecule has 2 saturated heterocycles. The molecular weight excluding hydrogens is 300 g/mol. The van der Waals surface area contributed by atoms with E-state index in [0.29, 0.717) is 6.54 Å². The Morgan fingerprint density at radius 2 is 2.23 bits per heavy atom. The fourth-order valence-electron chi connectivity index (χ4n) is 2.99. The molecule has 1 unspecified atom stereocenters. The second-order valence-corrected chi connectivity index (χ2v) is 6.95. The van der Waals surface area contributed by atoms with E-state index in [2.05, 4.69) is 27.7 Å². The number of nitrogens with one attached hydrogen (secondary N) is 1. The molecule has 3 amide bonds. The van der Waals surface area contributed by atoms with Crippen LogP contribution in [0.1, 0.15) is 11.3 Å². The van der Waals surface area contributed by atoms with Crippen molar-refractivity contribution in [2.75, 3.05) is 39.8 Å². The van der Waals surface area contributed by atoms with Crippen molar-refractivity contribution < 1.29 is 9.59 Å². The van der Waals surface area contributed by atoms with E-state index in [1.807, 2.05) is 4.90 Å². The first kappa shape index (κ1) is 15.3. The Morgan fingerprint density at radius 1 is 1.36 bits per heavy atom. The van der Waals surface area contributed by atoms with Gasteiger partial charge in [0.15, 0.2) is 0 Å². The minimum Gasteiger partial charge on any atom is -0.340 e. The summed E-state index contributed by atoms with van der Waals surface area (Å²) in [5.74, 6) is 0.0515. The summed E-state index contributed by atoms with van der Waals surface area (Å²) in [7, 11) is 1.72. The minimum atomic E-state index is -0.388. The number of carbonyl (C=O) groups is 2. The molecule has 7 heteroatoms. The maximum Gasteiger partial charge on any atom is 0.317 e. The summed E-state index contributed by atoms with van der Waals surface area (Å²) in [5, 5.41) is 4.85. The van der Waals surface area contributed by atoms with Crippen molar-refractivity contribution in [3.05, 3.63) is 22.4 Å². The lowest BCUT2D eigenvalue weighted by Gasteiger charge is -2.24. The Morgan fingerprint density at radius 3 is 2.91 bits per heavy atom. The normalized spacial score (nSPS) is 23.5. The molecule has 22 heavy (non-hydrogen) atoms. The van der Waals surface area contributed by atoms with Gasteiger partial charge >= 0.3 is 6.03 Å². The summed E-state index contributed by atoms with van der Waals surface area (Å²) < 4.78 is 0. The number of nitrogens with zero attached hydrogens (tertiary/aromatic N) is 3. The van der Waals surface area contributed by atoms with Gasteiger partial charge in [-0.1, -0.05) is 6.07 Å². The number of urea groups is 1. The van der Waals surface area contributed by atoms with Crippen LogP contribution in [0.3, 0.4) is 0 Å². The smallest absolute Gasteiger partial charge is 0.317 e. The molecule has 0 aromatic carbocycles. The van der Waals surface area contributed by atoms with Crippen LogP contribution in [0.15, 0.2) is 17.5 Å². The standard InChI is InChI=1S/C15H22N4O2S/c1-17-11-13(16-15(17)21)14(20)19-6-3-5-18(7-8-19)10-12-4-2-9-22-12/h2,4,9,13H,3,5-8,10-11H2,1H3,(H,16,21). The van der Waals surface area contributed by atoms with Gasteiger partial charge < -0.3 is 15.1 Å². The first-order chi connectivity index (χ1) is 10.6. The largest absolute Gasteiger partial charge is 0.340 e. The molecular formula is C15H22N4O2S. The fraction of sp³-hybridized carbons (Fsp3) is 0.600. The van der Waals surface area contributed by atoms with E-state index in [1.54, 1.807) is 23.3 Å². The molecule has 6 nitrogen and oxygen atoms in total. The van der Waals surface area contributed by atoms with Crippen molar-refractivity contribution in [2.45, 2.75) is 19.0 Å². The van der Waals surface area contributed by atoms with E-state index < -0.39 is 0 Å². The highest BCUT2D eigenvalue weighted by atomic mass is 32.1. The van der Waals surface area contributed by atoms with Crippen molar-refractivity contribution in [1.29, 1.82) is 0 Å². The van der Waals surface area contributed by atoms with Gasteiger partial charge in [0.05, 0.1) is 6.54 Å². The summed E-state index contributed by atoms with van der Waals surface area (Å²) in [6, 6.07) is 3.68. The van der Waals surface area contributed by atoms with Gasteiger partial charge in [-0.05, 0) is 17.9 Å². The highest BCUT2D eigenvalue weighted by Crippen LogP contribution is 2.14. The van der Waals surface area contributed by atoms with E-state index in [4.69, 9.17) is 0 Å². The molecule has 3 heterocycles. The molecule has 2 aliphatic heterocycles.